The van der Waals surface area contributed by atoms with Gasteiger partial charge in [-0.15, -0.1) is 0 Å². The van der Waals surface area contributed by atoms with E-state index < -0.39 is 5.60 Å². The second-order valence-corrected chi connectivity index (χ2v) is 11.8. The van der Waals surface area contributed by atoms with E-state index in [0.717, 1.165) is 63.3 Å². The van der Waals surface area contributed by atoms with Crippen molar-refractivity contribution in [1.29, 1.82) is 0 Å². The van der Waals surface area contributed by atoms with Gasteiger partial charge in [-0.05, 0) is 105 Å². The Hall–Kier alpha value is -2.08. The fraction of sp³-hybridized carbons (Fsp3) is 0.613. The normalized spacial score (nSPS) is 24.5. The van der Waals surface area contributed by atoms with Gasteiger partial charge in [-0.25, -0.2) is 0 Å². The van der Waals surface area contributed by atoms with E-state index in [0.29, 0.717) is 24.8 Å². The highest BCUT2D eigenvalue weighted by Crippen LogP contribution is 2.41. The van der Waals surface area contributed by atoms with Crippen LogP contribution in [0.5, 0.6) is 11.5 Å². The van der Waals surface area contributed by atoms with E-state index in [4.69, 9.17) is 0 Å². The number of rotatable bonds is 13. The maximum absolute atomic E-state index is 12.0. The molecule has 0 aromatic heterocycles. The molecule has 4 rings (SSSR count). The minimum atomic E-state index is -0.707. The average molecular weight is 495 g/mol. The van der Waals surface area contributed by atoms with Gasteiger partial charge in [0.25, 0.3) is 0 Å². The number of aryl methyl sites for hydroxylation is 1. The summed E-state index contributed by atoms with van der Waals surface area (Å²) >= 11 is 0. The quantitative estimate of drug-likeness (QED) is 0.219. The third-order valence-corrected chi connectivity index (χ3v) is 8.26. The van der Waals surface area contributed by atoms with Crippen molar-refractivity contribution in [2.45, 2.75) is 83.4 Å². The second kappa shape index (κ2) is 12.4. The van der Waals surface area contributed by atoms with E-state index in [-0.39, 0.29) is 17.4 Å². The molecule has 3 atom stereocenters. The fourth-order valence-corrected chi connectivity index (χ4v) is 5.95. The second-order valence-electron chi connectivity index (χ2n) is 11.8. The SMILES string of the molecule is CC(C)CN(Cc1ccccc1)C1CCC(O)(CCc2ccc(O)c(O)c2)C(CCNCC2CC2)C1. The van der Waals surface area contributed by atoms with Gasteiger partial charge in [-0.1, -0.05) is 50.2 Å². The molecule has 2 fully saturated rings. The number of phenolic OH excluding ortho intramolecular Hbond substituents is 2. The molecule has 0 spiro atoms. The first-order valence-corrected chi connectivity index (χ1v) is 14.0. The number of nitrogens with zero attached hydrogens (tertiary/aromatic N) is 1. The van der Waals surface area contributed by atoms with E-state index in [9.17, 15) is 15.3 Å². The Morgan fingerprint density at radius 2 is 1.78 bits per heavy atom. The maximum atomic E-state index is 12.0. The molecule has 2 aromatic carbocycles. The maximum Gasteiger partial charge on any atom is 0.157 e. The Bertz CT molecular complexity index is 946. The van der Waals surface area contributed by atoms with Crippen LogP contribution in [0.4, 0.5) is 0 Å². The van der Waals surface area contributed by atoms with Crippen molar-refractivity contribution in [2.24, 2.45) is 17.8 Å². The van der Waals surface area contributed by atoms with Gasteiger partial charge in [0.1, 0.15) is 0 Å². The molecule has 36 heavy (non-hydrogen) atoms. The molecule has 0 amide bonds. The van der Waals surface area contributed by atoms with Crippen LogP contribution in [-0.4, -0.2) is 51.5 Å². The Morgan fingerprint density at radius 3 is 2.47 bits per heavy atom. The van der Waals surface area contributed by atoms with Crippen LogP contribution in [0, 0.1) is 17.8 Å². The lowest BCUT2D eigenvalue weighted by molar-refractivity contribution is -0.0799. The average Bonchev–Trinajstić information content (AvgIpc) is 3.68. The Morgan fingerprint density at radius 1 is 1.00 bits per heavy atom. The smallest absolute Gasteiger partial charge is 0.157 e. The number of aliphatic hydroxyl groups is 1. The van der Waals surface area contributed by atoms with E-state index in [1.165, 1.54) is 24.5 Å². The van der Waals surface area contributed by atoms with Crippen molar-refractivity contribution in [3.8, 4) is 11.5 Å². The molecular formula is C31H46N2O3. The van der Waals surface area contributed by atoms with Crippen LogP contribution < -0.4 is 5.32 Å². The number of nitrogens with one attached hydrogen (secondary N) is 1. The van der Waals surface area contributed by atoms with Crippen molar-refractivity contribution in [2.75, 3.05) is 19.6 Å². The third-order valence-electron chi connectivity index (χ3n) is 8.26. The zero-order chi connectivity index (χ0) is 25.5. The van der Waals surface area contributed by atoms with E-state index in [1.54, 1.807) is 6.07 Å². The molecule has 0 radical (unpaired) electrons. The molecule has 0 bridgehead atoms. The van der Waals surface area contributed by atoms with Crippen molar-refractivity contribution >= 4 is 0 Å². The molecule has 198 valence electrons. The molecule has 0 heterocycles. The van der Waals surface area contributed by atoms with Gasteiger partial charge in [-0.3, -0.25) is 4.90 Å². The van der Waals surface area contributed by atoms with E-state index in [1.807, 2.05) is 6.07 Å². The summed E-state index contributed by atoms with van der Waals surface area (Å²) in [6.07, 6.45) is 7.89. The lowest BCUT2D eigenvalue weighted by atomic mass is 9.69. The first-order chi connectivity index (χ1) is 17.3. The van der Waals surface area contributed by atoms with Crippen LogP contribution in [0.25, 0.3) is 0 Å². The molecule has 2 aliphatic rings. The Balaban J connectivity index is 1.44. The summed E-state index contributed by atoms with van der Waals surface area (Å²) in [5, 5.41) is 35.2. The van der Waals surface area contributed by atoms with Crippen molar-refractivity contribution in [3.05, 3.63) is 59.7 Å². The van der Waals surface area contributed by atoms with Crippen LogP contribution in [0.2, 0.25) is 0 Å². The number of hydrogen-bond donors (Lipinski definition) is 4. The monoisotopic (exact) mass is 494 g/mol. The largest absolute Gasteiger partial charge is 0.504 e. The number of phenols is 2. The van der Waals surface area contributed by atoms with Gasteiger partial charge >= 0.3 is 0 Å². The molecule has 0 aliphatic heterocycles. The Kier molecular flexibility index (Phi) is 9.32. The van der Waals surface area contributed by atoms with Gasteiger partial charge in [0, 0.05) is 19.1 Å². The van der Waals surface area contributed by atoms with Gasteiger partial charge in [0.2, 0.25) is 0 Å². The molecule has 4 N–H and O–H groups in total. The fourth-order valence-electron chi connectivity index (χ4n) is 5.95. The molecule has 5 nitrogen and oxygen atoms in total. The molecule has 5 heteroatoms. The highest BCUT2D eigenvalue weighted by Gasteiger charge is 2.42. The standard InChI is InChI=1S/C31H46N2O3/c1-23(2)21-33(22-26-6-4-3-5-7-26)28-13-16-31(36,15-12-24-10-11-29(34)30(35)18-24)27(19-28)14-17-32-20-25-8-9-25/h3-7,10-11,18,23,25,27-28,32,34-36H,8-9,12-17,19-22H2,1-2H3. The summed E-state index contributed by atoms with van der Waals surface area (Å²) < 4.78 is 0. The molecule has 2 saturated carbocycles. The first-order valence-electron chi connectivity index (χ1n) is 14.0. The lowest BCUT2D eigenvalue weighted by Gasteiger charge is -2.47. The summed E-state index contributed by atoms with van der Waals surface area (Å²) in [6, 6.07) is 16.3. The molecule has 2 aliphatic carbocycles. The number of aromatic hydroxyl groups is 2. The predicted molar refractivity (Wildman–Crippen MR) is 146 cm³/mol. The Labute approximate surface area is 217 Å². The molecule has 3 unspecified atom stereocenters. The highest BCUT2D eigenvalue weighted by molar-refractivity contribution is 5.40. The highest BCUT2D eigenvalue weighted by atomic mass is 16.3. The lowest BCUT2D eigenvalue weighted by Crippen LogP contribution is -2.50. The minimum Gasteiger partial charge on any atom is -0.504 e. The summed E-state index contributed by atoms with van der Waals surface area (Å²) in [6.45, 7) is 8.68. The van der Waals surface area contributed by atoms with E-state index in [2.05, 4.69) is 54.4 Å². The van der Waals surface area contributed by atoms with Crippen LogP contribution in [0.15, 0.2) is 48.5 Å². The minimum absolute atomic E-state index is 0.0886. The van der Waals surface area contributed by atoms with Crippen LogP contribution >= 0.6 is 0 Å². The summed E-state index contributed by atoms with van der Waals surface area (Å²) in [5.74, 6) is 1.50. The van der Waals surface area contributed by atoms with E-state index >= 15 is 0 Å². The third kappa shape index (κ3) is 7.71. The van der Waals surface area contributed by atoms with Crippen LogP contribution in [0.3, 0.4) is 0 Å². The number of hydrogen-bond acceptors (Lipinski definition) is 5. The van der Waals surface area contributed by atoms with Gasteiger partial charge in [0.15, 0.2) is 11.5 Å². The zero-order valence-electron chi connectivity index (χ0n) is 22.2. The van der Waals surface area contributed by atoms with Crippen LogP contribution in [0.1, 0.15) is 69.9 Å². The summed E-state index contributed by atoms with van der Waals surface area (Å²) in [4.78, 5) is 2.65. The number of benzene rings is 2. The van der Waals surface area contributed by atoms with Crippen LogP contribution in [-0.2, 0) is 13.0 Å². The topological polar surface area (TPSA) is 76.0 Å². The molecular weight excluding hydrogens is 448 g/mol. The molecule has 0 saturated heterocycles. The zero-order valence-corrected chi connectivity index (χ0v) is 22.2. The van der Waals surface area contributed by atoms with Crippen molar-refractivity contribution < 1.29 is 15.3 Å². The van der Waals surface area contributed by atoms with Gasteiger partial charge < -0.3 is 20.6 Å². The van der Waals surface area contributed by atoms with Crippen molar-refractivity contribution in [1.82, 2.24) is 10.2 Å². The summed E-state index contributed by atoms with van der Waals surface area (Å²) in [7, 11) is 0. The van der Waals surface area contributed by atoms with Gasteiger partial charge in [-0.2, -0.15) is 0 Å². The van der Waals surface area contributed by atoms with Gasteiger partial charge in [0.05, 0.1) is 5.60 Å². The summed E-state index contributed by atoms with van der Waals surface area (Å²) in [5.41, 5.74) is 1.60. The predicted octanol–water partition coefficient (Wildman–Crippen LogP) is 5.48. The molecule has 2 aromatic rings. The van der Waals surface area contributed by atoms with Crippen molar-refractivity contribution in [3.63, 3.8) is 0 Å². The first kappa shape index (κ1) is 27.0.